The third kappa shape index (κ3) is 5.28. The average Bonchev–Trinajstić information content (AvgIpc) is 2.77. The molecule has 0 unspecified atom stereocenters. The normalized spacial score (nSPS) is 26.0. The maximum absolute atomic E-state index is 13.1. The second kappa shape index (κ2) is 8.26. The molecule has 0 bridgehead atoms. The molecule has 1 spiro atoms. The number of carbonyl (C=O) groups excluding carboxylic acids is 3. The minimum atomic E-state index is -3.22. The van der Waals surface area contributed by atoms with Gasteiger partial charge in [0.1, 0.15) is 12.1 Å². The number of alkyl halides is 2. The highest BCUT2D eigenvalue weighted by molar-refractivity contribution is 6.09. The van der Waals surface area contributed by atoms with E-state index in [0.717, 1.165) is 17.7 Å². The molecule has 2 aliphatic rings. The molecule has 1 aliphatic heterocycles. The number of nitrogens with two attached hydrogens (primary N) is 1. The topological polar surface area (TPSA) is 105 Å². The van der Waals surface area contributed by atoms with Crippen molar-refractivity contribution in [3.8, 4) is 0 Å². The van der Waals surface area contributed by atoms with Crippen molar-refractivity contribution in [3.63, 3.8) is 0 Å². The number of nitrogens with zero attached hydrogens (tertiary/aromatic N) is 1. The summed E-state index contributed by atoms with van der Waals surface area (Å²) in [5.74, 6) is -4.04. The van der Waals surface area contributed by atoms with Crippen molar-refractivity contribution in [2.45, 2.75) is 57.9 Å². The fraction of sp³-hybridized carbons (Fsp3) is 0.824. The van der Waals surface area contributed by atoms with Gasteiger partial charge in [-0.05, 0) is 37.0 Å². The van der Waals surface area contributed by atoms with Crippen LogP contribution < -0.4 is 16.4 Å². The fourth-order valence-electron chi connectivity index (χ4n) is 3.63. The smallest absolute Gasteiger partial charge is 0.325 e. The van der Waals surface area contributed by atoms with E-state index in [9.17, 15) is 23.2 Å². The molecular weight excluding hydrogens is 382 g/mol. The summed E-state index contributed by atoms with van der Waals surface area (Å²) in [5.41, 5.74) is 4.06. The molecule has 2 rings (SSSR count). The van der Waals surface area contributed by atoms with Gasteiger partial charge < -0.3 is 16.4 Å². The van der Waals surface area contributed by atoms with Gasteiger partial charge in [0.05, 0.1) is 13.1 Å². The van der Waals surface area contributed by atoms with Crippen molar-refractivity contribution in [2.75, 3.05) is 19.6 Å². The third-order valence-corrected chi connectivity index (χ3v) is 5.45. The summed E-state index contributed by atoms with van der Waals surface area (Å²) in [6.07, 6.45) is 2.64. The minimum absolute atomic E-state index is 0. The highest BCUT2D eigenvalue weighted by Crippen LogP contribution is 2.43. The lowest BCUT2D eigenvalue weighted by Gasteiger charge is -2.40. The SMILES string of the molecule is CC(C)(C)C1CCC2(CC1)NC(=O)N(CC(=O)NCC(F)(F)CN)C2=O.Cl. The zero-order valence-electron chi connectivity index (χ0n) is 15.9. The summed E-state index contributed by atoms with van der Waals surface area (Å²) in [4.78, 5) is 37.6. The van der Waals surface area contributed by atoms with Crippen LogP contribution in [0.4, 0.5) is 13.6 Å². The molecule has 4 amide bonds. The van der Waals surface area contributed by atoms with Gasteiger partial charge >= 0.3 is 6.03 Å². The van der Waals surface area contributed by atoms with Crippen LogP contribution in [0.2, 0.25) is 0 Å². The molecule has 0 aromatic heterocycles. The maximum atomic E-state index is 13.1. The predicted molar refractivity (Wildman–Crippen MR) is 98.6 cm³/mol. The van der Waals surface area contributed by atoms with Crippen LogP contribution in [0.25, 0.3) is 0 Å². The number of nitrogens with one attached hydrogen (secondary N) is 2. The molecular formula is C17H29ClF2N4O3. The van der Waals surface area contributed by atoms with E-state index in [4.69, 9.17) is 5.73 Å². The Kier molecular flexibility index (Phi) is 7.21. The zero-order chi connectivity index (χ0) is 19.8. The van der Waals surface area contributed by atoms with Crippen LogP contribution in [0.5, 0.6) is 0 Å². The van der Waals surface area contributed by atoms with Crippen LogP contribution >= 0.6 is 12.4 Å². The van der Waals surface area contributed by atoms with Gasteiger partial charge in [-0.2, -0.15) is 0 Å². The number of hydrogen-bond acceptors (Lipinski definition) is 4. The van der Waals surface area contributed by atoms with Crippen LogP contribution in [0, 0.1) is 11.3 Å². The van der Waals surface area contributed by atoms with Crippen LogP contribution in [0.1, 0.15) is 46.5 Å². The van der Waals surface area contributed by atoms with Gasteiger partial charge in [-0.1, -0.05) is 20.8 Å². The summed E-state index contributed by atoms with van der Waals surface area (Å²) in [6.45, 7) is 4.06. The molecule has 1 heterocycles. The van der Waals surface area contributed by atoms with Crippen LogP contribution in [-0.4, -0.2) is 53.8 Å². The molecule has 0 radical (unpaired) electrons. The lowest BCUT2D eigenvalue weighted by Crippen LogP contribution is -2.51. The first-order valence-corrected chi connectivity index (χ1v) is 8.89. The third-order valence-electron chi connectivity index (χ3n) is 5.45. The van der Waals surface area contributed by atoms with Gasteiger partial charge in [-0.3, -0.25) is 14.5 Å². The molecule has 4 N–H and O–H groups in total. The van der Waals surface area contributed by atoms with E-state index in [1.165, 1.54) is 0 Å². The van der Waals surface area contributed by atoms with Gasteiger partial charge in [-0.25, -0.2) is 13.6 Å². The number of urea groups is 1. The summed E-state index contributed by atoms with van der Waals surface area (Å²) in [5, 5.41) is 4.74. The lowest BCUT2D eigenvalue weighted by molar-refractivity contribution is -0.136. The van der Waals surface area contributed by atoms with E-state index in [1.54, 1.807) is 0 Å². The van der Waals surface area contributed by atoms with E-state index < -0.39 is 48.9 Å². The Morgan fingerprint density at radius 2 is 1.85 bits per heavy atom. The molecule has 10 heteroatoms. The Labute approximate surface area is 164 Å². The standard InChI is InChI=1S/C17H28F2N4O3.ClH/c1-15(2,3)11-4-6-16(7-5-11)13(25)23(14(26)22-16)8-12(24)21-10-17(18,19)9-20;/h11H,4-10,20H2,1-3H3,(H,21,24)(H,22,26);1H. The van der Waals surface area contributed by atoms with Crippen molar-refractivity contribution < 1.29 is 23.2 Å². The summed E-state index contributed by atoms with van der Waals surface area (Å²) in [7, 11) is 0. The van der Waals surface area contributed by atoms with E-state index in [-0.39, 0.29) is 17.8 Å². The molecule has 1 saturated carbocycles. The first-order valence-electron chi connectivity index (χ1n) is 8.89. The van der Waals surface area contributed by atoms with Crippen molar-refractivity contribution in [3.05, 3.63) is 0 Å². The molecule has 0 aromatic carbocycles. The Morgan fingerprint density at radius 3 is 2.33 bits per heavy atom. The fourth-order valence-corrected chi connectivity index (χ4v) is 3.63. The highest BCUT2D eigenvalue weighted by Gasteiger charge is 2.53. The number of halogens is 3. The molecule has 0 aromatic rings. The second-order valence-electron chi connectivity index (χ2n) is 8.38. The molecule has 27 heavy (non-hydrogen) atoms. The summed E-state index contributed by atoms with van der Waals surface area (Å²) >= 11 is 0. The number of imide groups is 1. The van der Waals surface area contributed by atoms with Crippen LogP contribution in [0.15, 0.2) is 0 Å². The van der Waals surface area contributed by atoms with Crippen LogP contribution in [-0.2, 0) is 9.59 Å². The van der Waals surface area contributed by atoms with Crippen molar-refractivity contribution in [1.29, 1.82) is 0 Å². The Balaban J connectivity index is 0.00000364. The molecule has 156 valence electrons. The number of carbonyl (C=O) groups is 3. The summed E-state index contributed by atoms with van der Waals surface area (Å²) in [6, 6.07) is -0.648. The largest absolute Gasteiger partial charge is 0.348 e. The minimum Gasteiger partial charge on any atom is -0.348 e. The molecule has 7 nitrogen and oxygen atoms in total. The van der Waals surface area contributed by atoms with Crippen molar-refractivity contribution in [1.82, 2.24) is 15.5 Å². The van der Waals surface area contributed by atoms with Gasteiger partial charge in [-0.15, -0.1) is 12.4 Å². The predicted octanol–water partition coefficient (Wildman–Crippen LogP) is 1.65. The van der Waals surface area contributed by atoms with E-state index in [1.807, 2.05) is 5.32 Å². The van der Waals surface area contributed by atoms with Crippen molar-refractivity contribution in [2.24, 2.45) is 17.1 Å². The van der Waals surface area contributed by atoms with Gasteiger partial charge in [0.25, 0.3) is 11.8 Å². The first-order chi connectivity index (χ1) is 11.9. The molecule has 1 aliphatic carbocycles. The molecule has 1 saturated heterocycles. The Bertz CT molecular complexity index is 587. The van der Waals surface area contributed by atoms with Crippen molar-refractivity contribution >= 4 is 30.3 Å². The number of rotatable bonds is 5. The highest BCUT2D eigenvalue weighted by atomic mass is 35.5. The van der Waals surface area contributed by atoms with Gasteiger partial charge in [0.15, 0.2) is 0 Å². The van der Waals surface area contributed by atoms with E-state index in [0.29, 0.717) is 18.8 Å². The summed E-state index contributed by atoms with van der Waals surface area (Å²) < 4.78 is 26.2. The average molecular weight is 411 g/mol. The molecule has 2 fully saturated rings. The Morgan fingerprint density at radius 1 is 1.30 bits per heavy atom. The maximum Gasteiger partial charge on any atom is 0.325 e. The second-order valence-corrected chi connectivity index (χ2v) is 8.38. The number of amides is 4. The van der Waals surface area contributed by atoms with E-state index >= 15 is 0 Å². The monoisotopic (exact) mass is 410 g/mol. The lowest BCUT2D eigenvalue weighted by atomic mass is 9.67. The van der Waals surface area contributed by atoms with Gasteiger partial charge in [0, 0.05) is 0 Å². The number of hydrogen-bond donors (Lipinski definition) is 3. The Hall–Kier alpha value is -1.48. The quantitative estimate of drug-likeness (QED) is 0.599. The zero-order valence-corrected chi connectivity index (χ0v) is 16.8. The first kappa shape index (κ1) is 23.6. The van der Waals surface area contributed by atoms with E-state index in [2.05, 4.69) is 26.1 Å². The van der Waals surface area contributed by atoms with Crippen LogP contribution in [0.3, 0.4) is 0 Å². The van der Waals surface area contributed by atoms with Gasteiger partial charge in [0.2, 0.25) is 5.91 Å². The molecule has 0 atom stereocenters.